The minimum Gasteiger partial charge on any atom is -0.342 e. The predicted molar refractivity (Wildman–Crippen MR) is 74.5 cm³/mol. The van der Waals surface area contributed by atoms with Gasteiger partial charge in [0.25, 0.3) is 5.91 Å². The van der Waals surface area contributed by atoms with Gasteiger partial charge in [0.2, 0.25) is 0 Å². The van der Waals surface area contributed by atoms with Gasteiger partial charge < -0.3 is 5.32 Å². The molecule has 0 aliphatic carbocycles. The second-order valence-corrected chi connectivity index (χ2v) is 6.37. The van der Waals surface area contributed by atoms with Crippen LogP contribution in [0.15, 0.2) is 11.6 Å². The van der Waals surface area contributed by atoms with Gasteiger partial charge in [-0.3, -0.25) is 4.79 Å². The highest BCUT2D eigenvalue weighted by Gasteiger charge is 2.34. The molecule has 1 atom stereocenters. The van der Waals surface area contributed by atoms with Crippen molar-refractivity contribution >= 4 is 28.6 Å². The highest BCUT2D eigenvalue weighted by Crippen LogP contribution is 2.32. The van der Waals surface area contributed by atoms with Gasteiger partial charge in [-0.1, -0.05) is 6.92 Å². The highest BCUT2D eigenvalue weighted by atomic mass is 32.1. The van der Waals surface area contributed by atoms with Gasteiger partial charge in [-0.2, -0.15) is 13.2 Å². The summed E-state index contributed by atoms with van der Waals surface area (Å²) in [5, 5.41) is 4.65. The summed E-state index contributed by atoms with van der Waals surface area (Å²) in [6.45, 7) is 3.55. The van der Waals surface area contributed by atoms with Crippen LogP contribution >= 0.6 is 22.7 Å². The van der Waals surface area contributed by atoms with Crippen molar-refractivity contribution in [2.45, 2.75) is 32.5 Å². The first-order chi connectivity index (χ1) is 9.81. The van der Waals surface area contributed by atoms with Crippen molar-refractivity contribution in [3.05, 3.63) is 32.2 Å². The molecule has 9 heteroatoms. The summed E-state index contributed by atoms with van der Waals surface area (Å²) < 4.78 is 37.6. The standard InChI is InChI=1S/C12H12F3N3OS2/c1-3-7(11-18-9(5-20-11)12(13,14)15)17-10(19)8-4-16-6(2)21-8/h4-5,7H,3H2,1-2H3,(H,17,19). The lowest BCUT2D eigenvalue weighted by molar-refractivity contribution is -0.140. The zero-order chi connectivity index (χ0) is 15.6. The molecule has 0 radical (unpaired) electrons. The Labute approximate surface area is 127 Å². The average molecular weight is 335 g/mol. The number of hydrogen-bond acceptors (Lipinski definition) is 5. The normalized spacial score (nSPS) is 13.2. The maximum Gasteiger partial charge on any atom is 0.434 e. The number of hydrogen-bond donors (Lipinski definition) is 1. The largest absolute Gasteiger partial charge is 0.434 e. The van der Waals surface area contributed by atoms with E-state index in [0.29, 0.717) is 11.3 Å². The van der Waals surface area contributed by atoms with Gasteiger partial charge in [0, 0.05) is 5.38 Å². The maximum absolute atomic E-state index is 12.5. The molecule has 21 heavy (non-hydrogen) atoms. The van der Waals surface area contributed by atoms with Crippen LogP contribution in [-0.2, 0) is 6.18 Å². The third-order valence-electron chi connectivity index (χ3n) is 2.67. The Morgan fingerprint density at radius 2 is 2.19 bits per heavy atom. The van der Waals surface area contributed by atoms with E-state index in [2.05, 4.69) is 15.3 Å². The van der Waals surface area contributed by atoms with Gasteiger partial charge in [-0.05, 0) is 13.3 Å². The van der Waals surface area contributed by atoms with Crippen LogP contribution < -0.4 is 5.32 Å². The summed E-state index contributed by atoms with van der Waals surface area (Å²) in [6.07, 6.45) is -2.56. The average Bonchev–Trinajstić information content (AvgIpc) is 3.03. The second kappa shape index (κ2) is 6.10. The molecular weight excluding hydrogens is 323 g/mol. The molecule has 0 aliphatic heterocycles. The first-order valence-electron chi connectivity index (χ1n) is 6.07. The molecule has 0 aromatic carbocycles. The molecule has 4 nitrogen and oxygen atoms in total. The number of nitrogens with zero attached hydrogens (tertiary/aromatic N) is 2. The minimum absolute atomic E-state index is 0.249. The molecular formula is C12H12F3N3OS2. The Balaban J connectivity index is 2.13. The molecule has 2 aromatic heterocycles. The zero-order valence-electron chi connectivity index (χ0n) is 11.2. The number of carbonyl (C=O) groups is 1. The summed E-state index contributed by atoms with van der Waals surface area (Å²) >= 11 is 2.13. The van der Waals surface area contributed by atoms with Gasteiger partial charge in [0.05, 0.1) is 17.2 Å². The van der Waals surface area contributed by atoms with E-state index in [9.17, 15) is 18.0 Å². The molecule has 0 fully saturated rings. The fourth-order valence-corrected chi connectivity index (χ4v) is 3.25. The maximum atomic E-state index is 12.5. The van der Waals surface area contributed by atoms with E-state index in [1.54, 1.807) is 13.8 Å². The molecule has 0 saturated heterocycles. The molecule has 1 N–H and O–H groups in total. The van der Waals surface area contributed by atoms with E-state index in [1.165, 1.54) is 17.5 Å². The van der Waals surface area contributed by atoms with Gasteiger partial charge in [0.1, 0.15) is 9.88 Å². The number of nitrogens with one attached hydrogen (secondary N) is 1. The van der Waals surface area contributed by atoms with E-state index < -0.39 is 17.9 Å². The number of alkyl halides is 3. The molecule has 0 saturated carbocycles. The fourth-order valence-electron chi connectivity index (χ4n) is 1.61. The van der Waals surface area contributed by atoms with Crippen molar-refractivity contribution in [2.75, 3.05) is 0 Å². The summed E-state index contributed by atoms with van der Waals surface area (Å²) in [7, 11) is 0. The lowest BCUT2D eigenvalue weighted by Crippen LogP contribution is -2.27. The van der Waals surface area contributed by atoms with Gasteiger partial charge in [-0.25, -0.2) is 9.97 Å². The van der Waals surface area contributed by atoms with Crippen molar-refractivity contribution in [2.24, 2.45) is 0 Å². The van der Waals surface area contributed by atoms with Crippen LogP contribution in [0.2, 0.25) is 0 Å². The van der Waals surface area contributed by atoms with Crippen LogP contribution in [0.5, 0.6) is 0 Å². The smallest absolute Gasteiger partial charge is 0.342 e. The number of amides is 1. The van der Waals surface area contributed by atoms with Gasteiger partial charge >= 0.3 is 6.18 Å². The predicted octanol–water partition coefficient (Wildman–Crippen LogP) is 3.81. The second-order valence-electron chi connectivity index (χ2n) is 4.25. The first-order valence-corrected chi connectivity index (χ1v) is 7.76. The van der Waals surface area contributed by atoms with Crippen molar-refractivity contribution < 1.29 is 18.0 Å². The Kier molecular flexibility index (Phi) is 4.62. The van der Waals surface area contributed by atoms with E-state index in [4.69, 9.17) is 0 Å². The van der Waals surface area contributed by atoms with Crippen molar-refractivity contribution in [3.8, 4) is 0 Å². The summed E-state index contributed by atoms with van der Waals surface area (Å²) in [5.74, 6) is -0.351. The number of aromatic nitrogens is 2. The van der Waals surface area contributed by atoms with Crippen LogP contribution in [0.3, 0.4) is 0 Å². The molecule has 114 valence electrons. The molecule has 2 aromatic rings. The number of rotatable bonds is 4. The lowest BCUT2D eigenvalue weighted by Gasteiger charge is -2.13. The number of thiazole rings is 2. The van der Waals surface area contributed by atoms with Crippen LogP contribution in [-0.4, -0.2) is 15.9 Å². The molecule has 0 bridgehead atoms. The van der Waals surface area contributed by atoms with Crippen molar-refractivity contribution in [1.29, 1.82) is 0 Å². The van der Waals surface area contributed by atoms with Gasteiger partial charge in [-0.15, -0.1) is 22.7 Å². The zero-order valence-corrected chi connectivity index (χ0v) is 12.8. The molecule has 1 unspecified atom stereocenters. The summed E-state index contributed by atoms with van der Waals surface area (Å²) in [6, 6.07) is -0.541. The van der Waals surface area contributed by atoms with Crippen LogP contribution in [0.1, 0.15) is 44.8 Å². The monoisotopic (exact) mass is 335 g/mol. The van der Waals surface area contributed by atoms with Crippen molar-refractivity contribution in [1.82, 2.24) is 15.3 Å². The van der Waals surface area contributed by atoms with E-state index in [1.807, 2.05) is 0 Å². The Morgan fingerprint density at radius 3 is 2.67 bits per heavy atom. The molecule has 0 spiro atoms. The van der Waals surface area contributed by atoms with Gasteiger partial charge in [0.15, 0.2) is 5.69 Å². The number of aryl methyl sites for hydroxylation is 1. The third-order valence-corrected chi connectivity index (χ3v) is 4.54. The molecule has 0 aliphatic rings. The SMILES string of the molecule is CCC(NC(=O)c1cnc(C)s1)c1nc(C(F)(F)F)cs1. The summed E-state index contributed by atoms with van der Waals surface area (Å²) in [4.78, 5) is 20.0. The quantitative estimate of drug-likeness (QED) is 0.924. The van der Waals surface area contributed by atoms with Crippen LogP contribution in [0, 0.1) is 6.92 Å². The first kappa shape index (κ1) is 15.9. The van der Waals surface area contributed by atoms with Crippen LogP contribution in [0.25, 0.3) is 0 Å². The number of carbonyl (C=O) groups excluding carboxylic acids is 1. The highest BCUT2D eigenvalue weighted by molar-refractivity contribution is 7.13. The third kappa shape index (κ3) is 3.79. The Hall–Kier alpha value is -1.48. The Morgan fingerprint density at radius 1 is 1.48 bits per heavy atom. The van der Waals surface area contributed by atoms with Crippen molar-refractivity contribution in [3.63, 3.8) is 0 Å². The lowest BCUT2D eigenvalue weighted by atomic mass is 10.2. The fraction of sp³-hybridized carbons (Fsp3) is 0.417. The molecule has 2 rings (SSSR count). The minimum atomic E-state index is -4.47. The van der Waals surface area contributed by atoms with Crippen LogP contribution in [0.4, 0.5) is 13.2 Å². The van der Waals surface area contributed by atoms with E-state index >= 15 is 0 Å². The van der Waals surface area contributed by atoms with E-state index in [0.717, 1.165) is 21.7 Å². The van der Waals surface area contributed by atoms with E-state index in [-0.39, 0.29) is 10.9 Å². The molecule has 2 heterocycles. The topological polar surface area (TPSA) is 54.9 Å². The number of halogens is 3. The molecule has 1 amide bonds. The Bertz CT molecular complexity index is 636. The summed E-state index contributed by atoms with van der Waals surface area (Å²) in [5.41, 5.74) is -0.927.